The average Bonchev–Trinajstić information content (AvgIpc) is 2.77. The van der Waals surface area contributed by atoms with Crippen molar-refractivity contribution in [2.45, 2.75) is 31.9 Å². The Labute approximate surface area is 90.3 Å². The summed E-state index contributed by atoms with van der Waals surface area (Å²) < 4.78 is 1.81. The molecule has 84 valence electrons. The molecule has 2 N–H and O–H groups in total. The van der Waals surface area contributed by atoms with Gasteiger partial charge in [0.15, 0.2) is 0 Å². The monoisotopic (exact) mass is 209 g/mol. The topological polar surface area (TPSA) is 50.1 Å². The highest BCUT2D eigenvalue weighted by Crippen LogP contribution is 2.24. The number of nitrogens with one attached hydrogen (secondary N) is 1. The second-order valence-corrected chi connectivity index (χ2v) is 4.41. The fourth-order valence-electron chi connectivity index (χ4n) is 2.22. The van der Waals surface area contributed by atoms with E-state index in [2.05, 4.69) is 10.4 Å². The highest BCUT2D eigenvalue weighted by Gasteiger charge is 2.24. The molecule has 1 aromatic heterocycles. The van der Waals surface area contributed by atoms with Crippen molar-refractivity contribution in [3.63, 3.8) is 0 Å². The Morgan fingerprint density at radius 2 is 2.47 bits per heavy atom. The maximum atomic E-state index is 9.63. The van der Waals surface area contributed by atoms with Crippen LogP contribution in [0.5, 0.6) is 0 Å². The van der Waals surface area contributed by atoms with E-state index in [1.165, 1.54) is 12.0 Å². The fourth-order valence-corrected chi connectivity index (χ4v) is 2.22. The van der Waals surface area contributed by atoms with E-state index in [1.807, 2.05) is 19.4 Å². The molecule has 0 radical (unpaired) electrons. The highest BCUT2D eigenvalue weighted by molar-refractivity contribution is 5.02. The standard InChI is InChI=1S/C11H19N3O/c1-14-8-9(6-13-14)5-12-7-10-3-2-4-11(10)15/h6,8,10-12,15H,2-5,7H2,1H3. The van der Waals surface area contributed by atoms with E-state index in [1.54, 1.807) is 4.68 Å². The first kappa shape index (κ1) is 10.6. The van der Waals surface area contributed by atoms with E-state index < -0.39 is 0 Å². The molecule has 0 saturated heterocycles. The van der Waals surface area contributed by atoms with E-state index >= 15 is 0 Å². The van der Waals surface area contributed by atoms with Crippen LogP contribution in [-0.2, 0) is 13.6 Å². The molecule has 2 rings (SSSR count). The number of aliphatic hydroxyl groups is 1. The molecule has 1 aromatic rings. The molecule has 1 fully saturated rings. The summed E-state index contributed by atoms with van der Waals surface area (Å²) >= 11 is 0. The third kappa shape index (κ3) is 2.79. The largest absolute Gasteiger partial charge is 0.393 e. The lowest BCUT2D eigenvalue weighted by Crippen LogP contribution is -2.27. The summed E-state index contributed by atoms with van der Waals surface area (Å²) in [5, 5.41) is 17.1. The summed E-state index contributed by atoms with van der Waals surface area (Å²) in [7, 11) is 1.92. The SMILES string of the molecule is Cn1cc(CNCC2CCCC2O)cn1. The van der Waals surface area contributed by atoms with Crippen LogP contribution in [0.3, 0.4) is 0 Å². The van der Waals surface area contributed by atoms with Gasteiger partial charge in [-0.3, -0.25) is 4.68 Å². The molecular weight excluding hydrogens is 190 g/mol. The van der Waals surface area contributed by atoms with Crippen LogP contribution < -0.4 is 5.32 Å². The van der Waals surface area contributed by atoms with Gasteiger partial charge in [0.1, 0.15) is 0 Å². The minimum Gasteiger partial charge on any atom is -0.393 e. The summed E-state index contributed by atoms with van der Waals surface area (Å²) in [4.78, 5) is 0. The molecule has 4 heteroatoms. The van der Waals surface area contributed by atoms with Gasteiger partial charge in [0.05, 0.1) is 12.3 Å². The second kappa shape index (κ2) is 4.77. The van der Waals surface area contributed by atoms with E-state index in [0.29, 0.717) is 5.92 Å². The minimum atomic E-state index is -0.0913. The highest BCUT2D eigenvalue weighted by atomic mass is 16.3. The van der Waals surface area contributed by atoms with E-state index in [-0.39, 0.29) is 6.10 Å². The molecule has 0 aromatic carbocycles. The van der Waals surface area contributed by atoms with Gasteiger partial charge in [0.25, 0.3) is 0 Å². The van der Waals surface area contributed by atoms with Crippen molar-refractivity contribution in [1.82, 2.24) is 15.1 Å². The lowest BCUT2D eigenvalue weighted by molar-refractivity contribution is 0.131. The summed E-state index contributed by atoms with van der Waals surface area (Å²) in [6.07, 6.45) is 7.09. The Morgan fingerprint density at radius 3 is 3.07 bits per heavy atom. The summed E-state index contributed by atoms with van der Waals surface area (Å²) in [5.41, 5.74) is 1.20. The Hall–Kier alpha value is -0.870. The van der Waals surface area contributed by atoms with Crippen molar-refractivity contribution in [2.24, 2.45) is 13.0 Å². The van der Waals surface area contributed by atoms with E-state index in [0.717, 1.165) is 25.9 Å². The fraction of sp³-hybridized carbons (Fsp3) is 0.727. The van der Waals surface area contributed by atoms with E-state index in [4.69, 9.17) is 0 Å². The Kier molecular flexibility index (Phi) is 3.38. The zero-order valence-electron chi connectivity index (χ0n) is 9.19. The molecule has 2 atom stereocenters. The molecule has 4 nitrogen and oxygen atoms in total. The second-order valence-electron chi connectivity index (χ2n) is 4.41. The maximum Gasteiger partial charge on any atom is 0.0580 e. The number of aryl methyl sites for hydroxylation is 1. The number of rotatable bonds is 4. The predicted octanol–water partition coefficient (Wildman–Crippen LogP) is 0.671. The Bertz CT molecular complexity index is 311. The molecule has 1 aliphatic carbocycles. The predicted molar refractivity (Wildman–Crippen MR) is 58.3 cm³/mol. The van der Waals surface area contributed by atoms with Gasteiger partial charge in [-0.2, -0.15) is 5.10 Å². The third-order valence-electron chi connectivity index (χ3n) is 3.11. The molecular formula is C11H19N3O. The van der Waals surface area contributed by atoms with Gasteiger partial charge in [-0.15, -0.1) is 0 Å². The lowest BCUT2D eigenvalue weighted by atomic mass is 10.1. The summed E-state index contributed by atoms with van der Waals surface area (Å²) in [5.74, 6) is 0.446. The van der Waals surface area contributed by atoms with Gasteiger partial charge in [0.2, 0.25) is 0 Å². The van der Waals surface area contributed by atoms with Crippen LogP contribution in [0.4, 0.5) is 0 Å². The van der Waals surface area contributed by atoms with Crippen LogP contribution in [0, 0.1) is 5.92 Å². The van der Waals surface area contributed by atoms with Crippen LogP contribution in [0.15, 0.2) is 12.4 Å². The first-order valence-corrected chi connectivity index (χ1v) is 5.62. The van der Waals surface area contributed by atoms with Gasteiger partial charge in [-0.1, -0.05) is 6.42 Å². The number of aromatic nitrogens is 2. The summed E-state index contributed by atoms with van der Waals surface area (Å²) in [6, 6.07) is 0. The number of nitrogens with zero attached hydrogens (tertiary/aromatic N) is 2. The van der Waals surface area contributed by atoms with Crippen molar-refractivity contribution < 1.29 is 5.11 Å². The molecule has 15 heavy (non-hydrogen) atoms. The first-order valence-electron chi connectivity index (χ1n) is 5.62. The normalized spacial score (nSPS) is 26.0. The number of aliphatic hydroxyl groups excluding tert-OH is 1. The molecule has 0 bridgehead atoms. The van der Waals surface area contributed by atoms with Crippen LogP contribution >= 0.6 is 0 Å². The lowest BCUT2D eigenvalue weighted by Gasteiger charge is -2.14. The maximum absolute atomic E-state index is 9.63. The smallest absolute Gasteiger partial charge is 0.0580 e. The zero-order valence-corrected chi connectivity index (χ0v) is 9.19. The quantitative estimate of drug-likeness (QED) is 0.766. The van der Waals surface area contributed by atoms with Gasteiger partial charge >= 0.3 is 0 Å². The molecule has 2 unspecified atom stereocenters. The molecule has 1 saturated carbocycles. The van der Waals surface area contributed by atoms with E-state index in [9.17, 15) is 5.11 Å². The van der Waals surface area contributed by atoms with Crippen LogP contribution in [0.25, 0.3) is 0 Å². The van der Waals surface area contributed by atoms with Crippen molar-refractivity contribution >= 4 is 0 Å². The van der Waals surface area contributed by atoms with Crippen LogP contribution in [0.2, 0.25) is 0 Å². The van der Waals surface area contributed by atoms with Gasteiger partial charge in [-0.25, -0.2) is 0 Å². The van der Waals surface area contributed by atoms with Crippen molar-refractivity contribution in [3.8, 4) is 0 Å². The first-order chi connectivity index (χ1) is 7.25. The Balaban J connectivity index is 1.70. The minimum absolute atomic E-state index is 0.0913. The molecule has 0 spiro atoms. The van der Waals surface area contributed by atoms with Crippen LogP contribution in [0.1, 0.15) is 24.8 Å². The van der Waals surface area contributed by atoms with Crippen molar-refractivity contribution in [3.05, 3.63) is 18.0 Å². The third-order valence-corrected chi connectivity index (χ3v) is 3.11. The van der Waals surface area contributed by atoms with Gasteiger partial charge in [0, 0.05) is 31.9 Å². The molecule has 0 aliphatic heterocycles. The van der Waals surface area contributed by atoms with Crippen LogP contribution in [-0.4, -0.2) is 27.5 Å². The summed E-state index contributed by atoms with van der Waals surface area (Å²) in [6.45, 7) is 1.76. The molecule has 1 aliphatic rings. The van der Waals surface area contributed by atoms with Gasteiger partial charge < -0.3 is 10.4 Å². The molecule has 1 heterocycles. The molecule has 0 amide bonds. The zero-order chi connectivity index (χ0) is 10.7. The average molecular weight is 209 g/mol. The number of hydrogen-bond donors (Lipinski definition) is 2. The Morgan fingerprint density at radius 1 is 1.60 bits per heavy atom. The van der Waals surface area contributed by atoms with Crippen molar-refractivity contribution in [2.75, 3.05) is 6.54 Å². The van der Waals surface area contributed by atoms with Crippen molar-refractivity contribution in [1.29, 1.82) is 0 Å². The number of hydrogen-bond acceptors (Lipinski definition) is 3. The van der Waals surface area contributed by atoms with Gasteiger partial charge in [-0.05, 0) is 18.8 Å².